The van der Waals surface area contributed by atoms with Crippen LogP contribution in [0.3, 0.4) is 0 Å². The molecule has 4 fully saturated rings. The summed E-state index contributed by atoms with van der Waals surface area (Å²) in [6.07, 6.45) is 4.95. The molecule has 0 aromatic carbocycles. The molecule has 4 rings (SSSR count). The highest BCUT2D eigenvalue weighted by atomic mass is 16.5. The Labute approximate surface area is 110 Å². The largest absolute Gasteiger partial charge is 0.385 e. The highest BCUT2D eigenvalue weighted by Crippen LogP contribution is 2.42. The molecule has 0 radical (unpaired) electrons. The van der Waals surface area contributed by atoms with Gasteiger partial charge in [-0.3, -0.25) is 0 Å². The van der Waals surface area contributed by atoms with Crippen molar-refractivity contribution in [3.8, 4) is 0 Å². The maximum absolute atomic E-state index is 6.34. The minimum atomic E-state index is 0.0997. The first kappa shape index (κ1) is 12.9. The van der Waals surface area contributed by atoms with Crippen LogP contribution in [0.1, 0.15) is 25.7 Å². The molecule has 4 aliphatic rings. The summed E-state index contributed by atoms with van der Waals surface area (Å²) in [6, 6.07) is 0.523. The summed E-state index contributed by atoms with van der Waals surface area (Å²) in [5.41, 5.74) is 0.0997. The van der Waals surface area contributed by atoms with Crippen molar-refractivity contribution in [3.05, 3.63) is 0 Å². The Morgan fingerprint density at radius 3 is 2.89 bits per heavy atom. The van der Waals surface area contributed by atoms with Crippen molar-refractivity contribution in [2.75, 3.05) is 46.5 Å². The van der Waals surface area contributed by atoms with Gasteiger partial charge in [0, 0.05) is 32.8 Å². The van der Waals surface area contributed by atoms with Crippen LogP contribution in [0.2, 0.25) is 0 Å². The average Bonchev–Trinajstić information content (AvgIpc) is 2.42. The van der Waals surface area contributed by atoms with E-state index in [0.29, 0.717) is 6.04 Å². The summed E-state index contributed by atoms with van der Waals surface area (Å²) in [7, 11) is 1.79. The number of ether oxygens (including phenoxy) is 2. The number of piperidine rings is 3. The molecule has 4 aliphatic heterocycles. The van der Waals surface area contributed by atoms with Gasteiger partial charge in [-0.25, -0.2) is 0 Å². The molecule has 104 valence electrons. The van der Waals surface area contributed by atoms with Gasteiger partial charge < -0.3 is 19.7 Å². The zero-order chi connectivity index (χ0) is 12.4. The third-order valence-electron chi connectivity index (χ3n) is 5.04. The third kappa shape index (κ3) is 2.20. The van der Waals surface area contributed by atoms with Gasteiger partial charge in [0.25, 0.3) is 0 Å². The maximum Gasteiger partial charge on any atom is 0.0990 e. The molecule has 4 heteroatoms. The van der Waals surface area contributed by atoms with Crippen LogP contribution in [0.4, 0.5) is 0 Å². The second kappa shape index (κ2) is 5.45. The van der Waals surface area contributed by atoms with Crippen LogP contribution in [0, 0.1) is 5.92 Å². The lowest BCUT2D eigenvalue weighted by Crippen LogP contribution is -2.71. The van der Waals surface area contributed by atoms with E-state index in [9.17, 15) is 0 Å². The van der Waals surface area contributed by atoms with Crippen LogP contribution < -0.4 is 5.32 Å². The van der Waals surface area contributed by atoms with E-state index in [1.54, 1.807) is 7.11 Å². The van der Waals surface area contributed by atoms with E-state index in [-0.39, 0.29) is 5.60 Å². The van der Waals surface area contributed by atoms with E-state index in [4.69, 9.17) is 9.47 Å². The smallest absolute Gasteiger partial charge is 0.0990 e. The molecule has 4 saturated heterocycles. The number of hydrogen-bond donors (Lipinski definition) is 1. The van der Waals surface area contributed by atoms with Crippen LogP contribution in [0.15, 0.2) is 0 Å². The van der Waals surface area contributed by atoms with Gasteiger partial charge in [-0.2, -0.15) is 0 Å². The lowest BCUT2D eigenvalue weighted by atomic mass is 9.69. The number of nitrogens with zero attached hydrogens (tertiary/aromatic N) is 1. The Hall–Kier alpha value is -0.160. The molecule has 18 heavy (non-hydrogen) atoms. The van der Waals surface area contributed by atoms with Gasteiger partial charge in [-0.15, -0.1) is 0 Å². The summed E-state index contributed by atoms with van der Waals surface area (Å²) in [5, 5.41) is 3.72. The summed E-state index contributed by atoms with van der Waals surface area (Å²) < 4.78 is 11.5. The lowest BCUT2D eigenvalue weighted by molar-refractivity contribution is -0.188. The topological polar surface area (TPSA) is 33.7 Å². The fraction of sp³-hybridized carbons (Fsp3) is 1.00. The zero-order valence-electron chi connectivity index (χ0n) is 11.5. The van der Waals surface area contributed by atoms with Gasteiger partial charge in [0.05, 0.1) is 12.2 Å². The molecule has 1 N–H and O–H groups in total. The van der Waals surface area contributed by atoms with Gasteiger partial charge >= 0.3 is 0 Å². The van der Waals surface area contributed by atoms with Crippen molar-refractivity contribution < 1.29 is 9.47 Å². The quantitative estimate of drug-likeness (QED) is 0.755. The molecule has 2 atom stereocenters. The second-order valence-electron chi connectivity index (χ2n) is 6.00. The van der Waals surface area contributed by atoms with Crippen molar-refractivity contribution in [2.24, 2.45) is 5.92 Å². The van der Waals surface area contributed by atoms with E-state index in [1.165, 1.54) is 32.4 Å². The van der Waals surface area contributed by atoms with Gasteiger partial charge in [0.15, 0.2) is 0 Å². The van der Waals surface area contributed by atoms with Crippen molar-refractivity contribution in [3.63, 3.8) is 0 Å². The van der Waals surface area contributed by atoms with Crippen LogP contribution in [0.5, 0.6) is 0 Å². The van der Waals surface area contributed by atoms with Crippen LogP contribution >= 0.6 is 0 Å². The predicted octanol–water partition coefficient (Wildman–Crippen LogP) is 0.866. The molecular weight excluding hydrogens is 228 g/mol. The van der Waals surface area contributed by atoms with Gasteiger partial charge in [0.1, 0.15) is 0 Å². The molecule has 2 bridgehead atoms. The minimum absolute atomic E-state index is 0.0997. The molecular formula is C14H26N2O2. The first-order valence-corrected chi connectivity index (χ1v) is 7.44. The predicted molar refractivity (Wildman–Crippen MR) is 70.7 cm³/mol. The molecule has 1 spiro atoms. The summed E-state index contributed by atoms with van der Waals surface area (Å²) in [6.45, 7) is 6.45. The van der Waals surface area contributed by atoms with Gasteiger partial charge in [-0.1, -0.05) is 0 Å². The molecule has 2 unspecified atom stereocenters. The number of rotatable bonds is 4. The summed E-state index contributed by atoms with van der Waals surface area (Å²) in [4.78, 5) is 2.59. The maximum atomic E-state index is 6.34. The molecule has 0 saturated carbocycles. The third-order valence-corrected chi connectivity index (χ3v) is 5.04. The fourth-order valence-corrected chi connectivity index (χ4v) is 4.14. The van der Waals surface area contributed by atoms with Crippen molar-refractivity contribution in [2.45, 2.75) is 37.3 Å². The number of morpholine rings is 1. The normalized spacial score (nSPS) is 43.5. The highest BCUT2D eigenvalue weighted by molar-refractivity contribution is 5.07. The van der Waals surface area contributed by atoms with E-state index in [2.05, 4.69) is 10.2 Å². The molecule has 4 heterocycles. The monoisotopic (exact) mass is 254 g/mol. The Morgan fingerprint density at radius 1 is 1.39 bits per heavy atom. The zero-order valence-corrected chi connectivity index (χ0v) is 11.5. The average molecular weight is 254 g/mol. The Bertz CT molecular complexity index is 279. The van der Waals surface area contributed by atoms with Crippen LogP contribution in [-0.2, 0) is 9.47 Å². The molecule has 0 aliphatic carbocycles. The van der Waals surface area contributed by atoms with Crippen LogP contribution in [-0.4, -0.2) is 63.0 Å². The first-order valence-electron chi connectivity index (χ1n) is 7.44. The molecule has 0 aromatic heterocycles. The number of fused-ring (bicyclic) bond motifs is 2. The Balaban J connectivity index is 1.70. The summed E-state index contributed by atoms with van der Waals surface area (Å²) >= 11 is 0. The van der Waals surface area contributed by atoms with E-state index >= 15 is 0 Å². The van der Waals surface area contributed by atoms with E-state index in [0.717, 1.165) is 38.6 Å². The van der Waals surface area contributed by atoms with E-state index < -0.39 is 0 Å². The van der Waals surface area contributed by atoms with Crippen molar-refractivity contribution in [1.82, 2.24) is 10.2 Å². The summed E-state index contributed by atoms with van der Waals surface area (Å²) in [5.74, 6) is 0.767. The van der Waals surface area contributed by atoms with Crippen molar-refractivity contribution >= 4 is 0 Å². The Kier molecular flexibility index (Phi) is 3.89. The standard InChI is InChI=1S/C14H26N2O2/c1-17-9-2-3-13-14(18-10-6-15-13)11-16-7-4-12(14)5-8-16/h12-13,15H,2-11H2,1H3. The molecule has 0 aromatic rings. The Morgan fingerprint density at radius 2 is 2.22 bits per heavy atom. The van der Waals surface area contributed by atoms with Crippen molar-refractivity contribution in [1.29, 1.82) is 0 Å². The second-order valence-corrected chi connectivity index (χ2v) is 6.00. The highest BCUT2D eigenvalue weighted by Gasteiger charge is 2.53. The van der Waals surface area contributed by atoms with E-state index in [1.807, 2.05) is 0 Å². The SMILES string of the molecule is COCCCC1NCCOC12CN1CCC2CC1. The van der Waals surface area contributed by atoms with Crippen LogP contribution in [0.25, 0.3) is 0 Å². The fourth-order valence-electron chi connectivity index (χ4n) is 4.14. The number of nitrogens with one attached hydrogen (secondary N) is 1. The van der Waals surface area contributed by atoms with Gasteiger partial charge in [0.2, 0.25) is 0 Å². The minimum Gasteiger partial charge on any atom is -0.385 e. The lowest BCUT2D eigenvalue weighted by Gasteiger charge is -2.58. The molecule has 4 nitrogen and oxygen atoms in total. The molecule has 0 amide bonds. The first-order chi connectivity index (χ1) is 8.85. The number of hydrogen-bond acceptors (Lipinski definition) is 4. The number of methoxy groups -OCH3 is 1. The van der Waals surface area contributed by atoms with Gasteiger partial charge in [-0.05, 0) is 44.7 Å².